The molecule has 1 aliphatic heterocycles. The van der Waals surface area contributed by atoms with Crippen LogP contribution in [0, 0.1) is 17.0 Å². The molecule has 1 aliphatic rings. The second kappa shape index (κ2) is 8.34. The van der Waals surface area contributed by atoms with Crippen molar-refractivity contribution in [3.8, 4) is 0 Å². The lowest BCUT2D eigenvalue weighted by molar-refractivity contribution is -0.385. The van der Waals surface area contributed by atoms with Crippen molar-refractivity contribution in [1.82, 2.24) is 9.21 Å². The van der Waals surface area contributed by atoms with Crippen LogP contribution in [0.4, 0.5) is 5.69 Å². The summed E-state index contributed by atoms with van der Waals surface area (Å²) in [5, 5.41) is 11.3. The lowest BCUT2D eigenvalue weighted by Gasteiger charge is -2.34. The Kier molecular flexibility index (Phi) is 6.26. The molecule has 0 aliphatic carbocycles. The number of sulfonamides is 1. The highest BCUT2D eigenvalue weighted by Crippen LogP contribution is 2.31. The van der Waals surface area contributed by atoms with Crippen molar-refractivity contribution in [3.63, 3.8) is 0 Å². The predicted octanol–water partition coefficient (Wildman–Crippen LogP) is 3.72. The third kappa shape index (κ3) is 4.16. The highest BCUT2D eigenvalue weighted by Gasteiger charge is 2.31. The number of hydrogen-bond donors (Lipinski definition) is 0. The van der Waals surface area contributed by atoms with Crippen LogP contribution in [0.25, 0.3) is 0 Å². The topological polar surface area (TPSA) is 83.8 Å². The Morgan fingerprint density at radius 1 is 1.07 bits per heavy atom. The van der Waals surface area contributed by atoms with E-state index >= 15 is 0 Å². The molecule has 0 amide bonds. The van der Waals surface area contributed by atoms with Gasteiger partial charge < -0.3 is 0 Å². The van der Waals surface area contributed by atoms with Crippen LogP contribution in [0.1, 0.15) is 11.1 Å². The summed E-state index contributed by atoms with van der Waals surface area (Å²) < 4.78 is 27.2. The summed E-state index contributed by atoms with van der Waals surface area (Å²) in [4.78, 5) is 12.8. The van der Waals surface area contributed by atoms with Crippen molar-refractivity contribution in [1.29, 1.82) is 0 Å². The molecule has 1 heterocycles. The van der Waals surface area contributed by atoms with Gasteiger partial charge in [0.05, 0.1) is 15.0 Å². The van der Waals surface area contributed by atoms with E-state index in [2.05, 4.69) is 4.90 Å². The van der Waals surface area contributed by atoms with Crippen LogP contribution in [0.2, 0.25) is 10.0 Å². The van der Waals surface area contributed by atoms with Gasteiger partial charge in [0.1, 0.15) is 4.90 Å². The summed E-state index contributed by atoms with van der Waals surface area (Å²) in [6.07, 6.45) is 0. The molecule has 0 N–H and O–H groups in total. The summed E-state index contributed by atoms with van der Waals surface area (Å²) in [5.74, 6) is 0. The van der Waals surface area contributed by atoms with Crippen molar-refractivity contribution in [2.75, 3.05) is 26.2 Å². The van der Waals surface area contributed by atoms with E-state index < -0.39 is 14.9 Å². The summed E-state index contributed by atoms with van der Waals surface area (Å²) in [6, 6.07) is 9.56. The predicted molar refractivity (Wildman–Crippen MR) is 108 cm³/mol. The number of halogens is 2. The van der Waals surface area contributed by atoms with Gasteiger partial charge in [-0.25, -0.2) is 8.42 Å². The SMILES string of the molecule is Cc1c(CN2CCN(S(=O)(=O)c3cccc(Cl)c3Cl)CC2)cccc1[N+](=O)[O-]. The van der Waals surface area contributed by atoms with Gasteiger partial charge in [0, 0.05) is 44.4 Å². The van der Waals surface area contributed by atoms with Gasteiger partial charge in [-0.3, -0.25) is 15.0 Å². The van der Waals surface area contributed by atoms with Crippen molar-refractivity contribution < 1.29 is 13.3 Å². The molecule has 1 fully saturated rings. The van der Waals surface area contributed by atoms with E-state index in [9.17, 15) is 18.5 Å². The first-order valence-electron chi connectivity index (χ1n) is 8.61. The highest BCUT2D eigenvalue weighted by atomic mass is 35.5. The van der Waals surface area contributed by atoms with Crippen LogP contribution in [0.5, 0.6) is 0 Å². The molecule has 28 heavy (non-hydrogen) atoms. The average Bonchev–Trinajstić information content (AvgIpc) is 2.65. The molecule has 7 nitrogen and oxygen atoms in total. The van der Waals surface area contributed by atoms with Gasteiger partial charge in [-0.15, -0.1) is 0 Å². The molecule has 3 rings (SSSR count). The normalized spacial score (nSPS) is 16.2. The van der Waals surface area contributed by atoms with Crippen LogP contribution in [0.15, 0.2) is 41.3 Å². The van der Waals surface area contributed by atoms with Crippen molar-refractivity contribution in [3.05, 3.63) is 67.7 Å². The Bertz CT molecular complexity index is 1010. The molecule has 0 atom stereocenters. The van der Waals surface area contributed by atoms with Gasteiger partial charge in [0.2, 0.25) is 10.0 Å². The second-order valence-corrected chi connectivity index (χ2v) is 9.24. The molecular formula is C18H19Cl2N3O4S. The molecule has 1 saturated heterocycles. The average molecular weight is 444 g/mol. The number of piperazine rings is 1. The van der Waals surface area contributed by atoms with Gasteiger partial charge >= 0.3 is 0 Å². The summed E-state index contributed by atoms with van der Waals surface area (Å²) in [6.45, 7) is 3.89. The van der Waals surface area contributed by atoms with E-state index in [4.69, 9.17) is 23.2 Å². The minimum Gasteiger partial charge on any atom is -0.296 e. The van der Waals surface area contributed by atoms with Gasteiger partial charge in [-0.2, -0.15) is 4.31 Å². The fourth-order valence-corrected chi connectivity index (χ4v) is 5.39. The number of nitro groups is 1. The Labute approximate surface area is 173 Å². The molecular weight excluding hydrogens is 425 g/mol. The number of nitrogens with zero attached hydrogens (tertiary/aromatic N) is 3. The molecule has 2 aromatic carbocycles. The molecule has 0 bridgehead atoms. The lowest BCUT2D eigenvalue weighted by atomic mass is 10.1. The van der Waals surface area contributed by atoms with Gasteiger partial charge in [-0.1, -0.05) is 41.4 Å². The van der Waals surface area contributed by atoms with Crippen molar-refractivity contribution in [2.45, 2.75) is 18.4 Å². The minimum atomic E-state index is -3.74. The number of benzene rings is 2. The Morgan fingerprint density at radius 2 is 1.71 bits per heavy atom. The van der Waals surface area contributed by atoms with Crippen LogP contribution in [-0.2, 0) is 16.6 Å². The number of rotatable bonds is 5. The van der Waals surface area contributed by atoms with E-state index in [1.54, 1.807) is 25.1 Å². The maximum Gasteiger partial charge on any atom is 0.272 e. The smallest absolute Gasteiger partial charge is 0.272 e. The zero-order valence-electron chi connectivity index (χ0n) is 15.1. The maximum absolute atomic E-state index is 12.9. The molecule has 10 heteroatoms. The first-order valence-corrected chi connectivity index (χ1v) is 10.8. The van der Waals surface area contributed by atoms with E-state index in [1.165, 1.54) is 16.4 Å². The van der Waals surface area contributed by atoms with E-state index in [-0.39, 0.29) is 20.6 Å². The molecule has 0 radical (unpaired) electrons. The Hall–Kier alpha value is -1.71. The standard InChI is InChI=1S/C18H19Cl2N3O4S/c1-13-14(4-2-6-16(13)23(24)25)12-21-8-10-22(11-9-21)28(26,27)17-7-3-5-15(19)18(17)20/h2-7H,8-12H2,1H3. The Balaban J connectivity index is 1.71. The molecule has 0 aromatic heterocycles. The fraction of sp³-hybridized carbons (Fsp3) is 0.333. The van der Waals surface area contributed by atoms with Gasteiger partial charge in [0.25, 0.3) is 5.69 Å². The van der Waals surface area contributed by atoms with E-state index in [0.29, 0.717) is 38.3 Å². The zero-order valence-corrected chi connectivity index (χ0v) is 17.5. The van der Waals surface area contributed by atoms with Crippen LogP contribution < -0.4 is 0 Å². The summed E-state index contributed by atoms with van der Waals surface area (Å²) >= 11 is 12.0. The first-order chi connectivity index (χ1) is 13.2. The van der Waals surface area contributed by atoms with Crippen LogP contribution in [0.3, 0.4) is 0 Å². The number of hydrogen-bond acceptors (Lipinski definition) is 5. The van der Waals surface area contributed by atoms with E-state index in [0.717, 1.165) is 5.56 Å². The molecule has 150 valence electrons. The third-order valence-electron chi connectivity index (χ3n) is 4.87. The molecule has 0 unspecified atom stereocenters. The Morgan fingerprint density at radius 3 is 2.36 bits per heavy atom. The van der Waals surface area contributed by atoms with Crippen molar-refractivity contribution >= 4 is 38.9 Å². The third-order valence-corrected chi connectivity index (χ3v) is 7.75. The van der Waals surface area contributed by atoms with Gasteiger partial charge in [0.15, 0.2) is 0 Å². The monoisotopic (exact) mass is 443 g/mol. The number of nitro benzene ring substituents is 1. The summed E-state index contributed by atoms with van der Waals surface area (Å²) in [7, 11) is -3.74. The second-order valence-electron chi connectivity index (χ2n) is 6.55. The van der Waals surface area contributed by atoms with Gasteiger partial charge in [-0.05, 0) is 24.6 Å². The largest absolute Gasteiger partial charge is 0.296 e. The maximum atomic E-state index is 12.9. The fourth-order valence-electron chi connectivity index (χ4n) is 3.23. The van der Waals surface area contributed by atoms with E-state index in [1.807, 2.05) is 6.07 Å². The summed E-state index contributed by atoms with van der Waals surface area (Å²) in [5.41, 5.74) is 1.59. The first kappa shape index (κ1) is 21.0. The molecule has 0 spiro atoms. The minimum absolute atomic E-state index is 0.00430. The molecule has 2 aromatic rings. The van der Waals surface area contributed by atoms with Crippen LogP contribution in [-0.4, -0.2) is 48.7 Å². The van der Waals surface area contributed by atoms with Crippen LogP contribution >= 0.6 is 23.2 Å². The van der Waals surface area contributed by atoms with Crippen molar-refractivity contribution in [2.24, 2.45) is 0 Å². The lowest BCUT2D eigenvalue weighted by Crippen LogP contribution is -2.48. The highest BCUT2D eigenvalue weighted by molar-refractivity contribution is 7.89. The zero-order chi connectivity index (χ0) is 20.5. The molecule has 0 saturated carbocycles. The quantitative estimate of drug-likeness (QED) is 0.519.